The van der Waals surface area contributed by atoms with Crippen molar-refractivity contribution < 1.29 is 18.7 Å². The highest BCUT2D eigenvalue weighted by Gasteiger charge is 2.43. The summed E-state index contributed by atoms with van der Waals surface area (Å²) in [7, 11) is 0. The van der Waals surface area contributed by atoms with Crippen LogP contribution in [0.15, 0.2) is 36.4 Å². The van der Waals surface area contributed by atoms with Crippen molar-refractivity contribution in [3.8, 4) is 0 Å². The average molecular weight is 428 g/mol. The van der Waals surface area contributed by atoms with Crippen LogP contribution in [0.4, 0.5) is 8.78 Å². The number of benzene rings is 2. The number of alkyl halides is 1. The van der Waals surface area contributed by atoms with Gasteiger partial charge in [-0.3, -0.25) is 4.79 Å². The number of nitrogens with one attached hydrogen (secondary N) is 1. The van der Waals surface area contributed by atoms with Gasteiger partial charge in [-0.25, -0.2) is 8.78 Å². The Morgan fingerprint density at radius 2 is 1.86 bits per heavy atom. The minimum atomic E-state index is -1.45. The second-order valence-corrected chi connectivity index (χ2v) is 8.04. The molecule has 0 heterocycles. The fourth-order valence-electron chi connectivity index (χ4n) is 3.74. The number of amides is 1. The van der Waals surface area contributed by atoms with Gasteiger partial charge in [0, 0.05) is 0 Å². The van der Waals surface area contributed by atoms with Crippen molar-refractivity contribution in [3.05, 3.63) is 69.0 Å². The van der Waals surface area contributed by atoms with E-state index in [0.717, 1.165) is 0 Å². The molecule has 2 aromatic carbocycles. The third-order valence-corrected chi connectivity index (χ3v) is 6.05. The monoisotopic (exact) mass is 427 g/mol. The smallest absolute Gasteiger partial charge is 0.253 e. The molecule has 0 spiro atoms. The van der Waals surface area contributed by atoms with Crippen LogP contribution in [0.2, 0.25) is 10.0 Å². The van der Waals surface area contributed by atoms with Crippen LogP contribution in [0.25, 0.3) is 0 Å². The standard InChI is InChI=1S/C21H21Cl2F2NO2/c1-12-4-2-6-15(22)17(12)20(27)26-19(14-5-3-7-16(25)18(14)23)21(28)10-8-13(24)9-11-21/h2-7,13,19,28H,8-11H2,1H3,(H,26,27)/t13-,19?,21+. The fraction of sp³-hybridized carbons (Fsp3) is 0.381. The topological polar surface area (TPSA) is 49.3 Å². The molecule has 150 valence electrons. The van der Waals surface area contributed by atoms with E-state index in [2.05, 4.69) is 5.32 Å². The molecule has 0 aliphatic heterocycles. The van der Waals surface area contributed by atoms with E-state index in [-0.39, 0.29) is 46.9 Å². The van der Waals surface area contributed by atoms with Gasteiger partial charge in [0.15, 0.2) is 0 Å². The van der Waals surface area contributed by atoms with Gasteiger partial charge in [-0.1, -0.05) is 47.5 Å². The van der Waals surface area contributed by atoms with Crippen molar-refractivity contribution in [2.75, 3.05) is 0 Å². The molecule has 2 aromatic rings. The Labute approximate surface area is 172 Å². The van der Waals surface area contributed by atoms with Gasteiger partial charge in [-0.2, -0.15) is 0 Å². The molecule has 1 aliphatic rings. The number of carbonyl (C=O) groups is 1. The van der Waals surface area contributed by atoms with Gasteiger partial charge in [0.05, 0.1) is 27.3 Å². The summed E-state index contributed by atoms with van der Waals surface area (Å²) >= 11 is 12.3. The highest BCUT2D eigenvalue weighted by atomic mass is 35.5. The van der Waals surface area contributed by atoms with Crippen molar-refractivity contribution in [2.45, 2.75) is 50.4 Å². The van der Waals surface area contributed by atoms with Crippen LogP contribution in [0, 0.1) is 12.7 Å². The highest BCUT2D eigenvalue weighted by Crippen LogP contribution is 2.42. The Bertz CT molecular complexity index is 862. The number of hydrogen-bond donors (Lipinski definition) is 2. The first kappa shape index (κ1) is 21.0. The molecule has 0 saturated heterocycles. The van der Waals surface area contributed by atoms with Gasteiger partial charge in [-0.15, -0.1) is 0 Å². The maximum absolute atomic E-state index is 14.1. The second-order valence-electron chi connectivity index (χ2n) is 7.26. The zero-order valence-electron chi connectivity index (χ0n) is 15.3. The Morgan fingerprint density at radius 1 is 1.21 bits per heavy atom. The first-order chi connectivity index (χ1) is 13.2. The molecule has 1 atom stereocenters. The molecule has 3 nitrogen and oxygen atoms in total. The summed E-state index contributed by atoms with van der Waals surface area (Å²) in [5, 5.41) is 14.1. The van der Waals surface area contributed by atoms with E-state index in [4.69, 9.17) is 23.2 Å². The minimum Gasteiger partial charge on any atom is -0.387 e. The van der Waals surface area contributed by atoms with Crippen molar-refractivity contribution >= 4 is 29.1 Å². The molecular weight excluding hydrogens is 407 g/mol. The van der Waals surface area contributed by atoms with Crippen molar-refractivity contribution in [2.24, 2.45) is 0 Å². The number of aliphatic hydroxyl groups is 1. The van der Waals surface area contributed by atoms with Crippen LogP contribution in [0.1, 0.15) is 53.2 Å². The Kier molecular flexibility index (Phi) is 6.28. The lowest BCUT2D eigenvalue weighted by molar-refractivity contribution is -0.0445. The average Bonchev–Trinajstić information content (AvgIpc) is 2.65. The molecule has 1 amide bonds. The van der Waals surface area contributed by atoms with Gasteiger partial charge >= 0.3 is 0 Å². The lowest BCUT2D eigenvalue weighted by Gasteiger charge is -2.41. The Hall–Kier alpha value is -1.69. The van der Waals surface area contributed by atoms with Crippen LogP contribution < -0.4 is 5.32 Å². The van der Waals surface area contributed by atoms with E-state index in [1.54, 1.807) is 31.2 Å². The van der Waals surface area contributed by atoms with E-state index in [1.165, 1.54) is 12.1 Å². The first-order valence-corrected chi connectivity index (χ1v) is 9.85. The zero-order valence-corrected chi connectivity index (χ0v) is 16.8. The summed E-state index contributed by atoms with van der Waals surface area (Å²) in [6, 6.07) is 8.27. The third kappa shape index (κ3) is 4.17. The number of carbonyl (C=O) groups excluding carboxylic acids is 1. The molecule has 0 bridgehead atoms. The van der Waals surface area contributed by atoms with Crippen molar-refractivity contribution in [1.29, 1.82) is 0 Å². The van der Waals surface area contributed by atoms with Crippen LogP contribution >= 0.6 is 23.2 Å². The van der Waals surface area contributed by atoms with Gasteiger partial charge in [0.1, 0.15) is 12.0 Å². The Morgan fingerprint density at radius 3 is 2.50 bits per heavy atom. The molecule has 1 unspecified atom stereocenters. The summed E-state index contributed by atoms with van der Waals surface area (Å²) in [4.78, 5) is 13.0. The SMILES string of the molecule is Cc1cccc(Cl)c1C(=O)NC(c1cccc(F)c1Cl)[C@]1(O)CC[C@@H](F)CC1. The van der Waals surface area contributed by atoms with Crippen LogP contribution in [-0.2, 0) is 0 Å². The number of hydrogen-bond acceptors (Lipinski definition) is 2. The fourth-order valence-corrected chi connectivity index (χ4v) is 4.28. The highest BCUT2D eigenvalue weighted by molar-refractivity contribution is 6.34. The summed E-state index contributed by atoms with van der Waals surface area (Å²) in [5.41, 5.74) is -0.275. The predicted molar refractivity (Wildman–Crippen MR) is 106 cm³/mol. The molecular formula is C21H21Cl2F2NO2. The lowest BCUT2D eigenvalue weighted by Crippen LogP contribution is -2.48. The van der Waals surface area contributed by atoms with Crippen LogP contribution in [0.5, 0.6) is 0 Å². The number of rotatable bonds is 4. The minimum absolute atomic E-state index is 0.119. The molecule has 1 aliphatic carbocycles. The first-order valence-electron chi connectivity index (χ1n) is 9.09. The maximum Gasteiger partial charge on any atom is 0.253 e. The van der Waals surface area contributed by atoms with Gasteiger partial charge in [0.2, 0.25) is 0 Å². The van der Waals surface area contributed by atoms with E-state index < -0.39 is 29.5 Å². The van der Waals surface area contributed by atoms with Crippen LogP contribution in [0.3, 0.4) is 0 Å². The van der Waals surface area contributed by atoms with Gasteiger partial charge in [-0.05, 0) is 55.9 Å². The van der Waals surface area contributed by atoms with Gasteiger partial charge < -0.3 is 10.4 Å². The summed E-state index contributed by atoms with van der Waals surface area (Å²) < 4.78 is 27.7. The normalized spacial score (nSPS) is 23.3. The zero-order chi connectivity index (χ0) is 20.5. The summed E-state index contributed by atoms with van der Waals surface area (Å²) in [6.45, 7) is 1.74. The van der Waals surface area contributed by atoms with E-state index in [9.17, 15) is 18.7 Å². The molecule has 7 heteroatoms. The lowest BCUT2D eigenvalue weighted by atomic mass is 9.76. The van der Waals surface area contributed by atoms with Crippen molar-refractivity contribution in [3.63, 3.8) is 0 Å². The molecule has 3 rings (SSSR count). The predicted octanol–water partition coefficient (Wildman–Crippen LogP) is 5.56. The number of halogens is 4. The van der Waals surface area contributed by atoms with Gasteiger partial charge in [0.25, 0.3) is 5.91 Å². The van der Waals surface area contributed by atoms with Crippen molar-refractivity contribution in [1.82, 2.24) is 5.32 Å². The number of aryl methyl sites for hydroxylation is 1. The Balaban J connectivity index is 2.02. The second kappa shape index (κ2) is 8.36. The maximum atomic E-state index is 14.1. The molecule has 1 saturated carbocycles. The molecule has 28 heavy (non-hydrogen) atoms. The summed E-state index contributed by atoms with van der Waals surface area (Å²) in [6.07, 6.45) is -0.464. The largest absolute Gasteiger partial charge is 0.387 e. The molecule has 0 radical (unpaired) electrons. The third-order valence-electron chi connectivity index (χ3n) is 5.34. The molecule has 2 N–H and O–H groups in total. The van der Waals surface area contributed by atoms with E-state index in [1.807, 2.05) is 0 Å². The van der Waals surface area contributed by atoms with E-state index in [0.29, 0.717) is 5.56 Å². The van der Waals surface area contributed by atoms with Crippen LogP contribution in [-0.4, -0.2) is 22.8 Å². The van der Waals surface area contributed by atoms with E-state index >= 15 is 0 Å². The summed E-state index contributed by atoms with van der Waals surface area (Å²) in [5.74, 6) is -1.17. The quantitative estimate of drug-likeness (QED) is 0.671. The molecule has 0 aromatic heterocycles. The molecule has 1 fully saturated rings.